The number of nitrogens with zero attached hydrogens (tertiary/aromatic N) is 1. The van der Waals surface area contributed by atoms with Crippen molar-refractivity contribution in [2.75, 3.05) is 14.1 Å². The van der Waals surface area contributed by atoms with E-state index in [2.05, 4.69) is 27.7 Å². The van der Waals surface area contributed by atoms with E-state index in [0.29, 0.717) is 11.4 Å². The number of benzene rings is 1. The third-order valence-electron chi connectivity index (χ3n) is 3.97. The van der Waals surface area contributed by atoms with Crippen molar-refractivity contribution in [1.82, 2.24) is 15.5 Å². The summed E-state index contributed by atoms with van der Waals surface area (Å²) in [5.74, 6) is -0.370. The standard InChI is InChI=1S/C20H27N3O2S/c1-14(2)18(22-19(24)17-6-5-11-26-17)20(25)21-12-15-7-9-16(10-8-15)13-23(3)4/h5-11,14,18H,12-13H2,1-4H3,(H,21,25)(H,22,24). The molecule has 0 bridgehead atoms. The Morgan fingerprint density at radius 1 is 1.08 bits per heavy atom. The van der Waals surface area contributed by atoms with Gasteiger partial charge in [-0.25, -0.2) is 0 Å². The van der Waals surface area contributed by atoms with Crippen molar-refractivity contribution in [1.29, 1.82) is 0 Å². The van der Waals surface area contributed by atoms with Gasteiger partial charge in [-0.05, 0) is 42.6 Å². The maximum Gasteiger partial charge on any atom is 0.262 e. The molecule has 0 saturated carbocycles. The summed E-state index contributed by atoms with van der Waals surface area (Å²) in [6.45, 7) is 5.18. The zero-order valence-electron chi connectivity index (χ0n) is 15.8. The summed E-state index contributed by atoms with van der Waals surface area (Å²) in [7, 11) is 4.06. The van der Waals surface area contributed by atoms with Gasteiger partial charge in [-0.2, -0.15) is 0 Å². The van der Waals surface area contributed by atoms with Gasteiger partial charge in [0.15, 0.2) is 0 Å². The molecule has 6 heteroatoms. The summed E-state index contributed by atoms with van der Waals surface area (Å²) < 4.78 is 0. The van der Waals surface area contributed by atoms with Crippen molar-refractivity contribution in [3.8, 4) is 0 Å². The van der Waals surface area contributed by atoms with Crippen molar-refractivity contribution < 1.29 is 9.59 Å². The van der Waals surface area contributed by atoms with Gasteiger partial charge < -0.3 is 15.5 Å². The molecule has 0 fully saturated rings. The number of carbonyl (C=O) groups is 2. The minimum absolute atomic E-state index is 0.00128. The van der Waals surface area contributed by atoms with Gasteiger partial charge in [-0.15, -0.1) is 11.3 Å². The topological polar surface area (TPSA) is 61.4 Å². The molecule has 0 saturated heterocycles. The minimum Gasteiger partial charge on any atom is -0.350 e. The predicted molar refractivity (Wildman–Crippen MR) is 106 cm³/mol. The zero-order valence-corrected chi connectivity index (χ0v) is 16.6. The molecule has 1 unspecified atom stereocenters. The van der Waals surface area contributed by atoms with E-state index >= 15 is 0 Å². The van der Waals surface area contributed by atoms with Crippen LogP contribution in [0.4, 0.5) is 0 Å². The molecule has 2 N–H and O–H groups in total. The molecular formula is C20H27N3O2S. The fourth-order valence-electron chi connectivity index (χ4n) is 2.58. The Labute approximate surface area is 159 Å². The van der Waals surface area contributed by atoms with Gasteiger partial charge in [0.05, 0.1) is 4.88 Å². The molecule has 0 aliphatic heterocycles. The molecule has 1 aromatic heterocycles. The molecule has 2 amide bonds. The Balaban J connectivity index is 1.92. The van der Waals surface area contributed by atoms with Crippen molar-refractivity contribution in [3.05, 3.63) is 57.8 Å². The van der Waals surface area contributed by atoms with Crippen LogP contribution in [0, 0.1) is 5.92 Å². The summed E-state index contributed by atoms with van der Waals surface area (Å²) in [5, 5.41) is 7.62. The number of nitrogens with one attached hydrogen (secondary N) is 2. The Morgan fingerprint density at radius 2 is 1.73 bits per heavy atom. The normalized spacial score (nSPS) is 12.2. The van der Waals surface area contributed by atoms with Gasteiger partial charge in [0.1, 0.15) is 6.04 Å². The molecule has 1 aromatic carbocycles. The van der Waals surface area contributed by atoms with Crippen LogP contribution in [0.1, 0.15) is 34.6 Å². The predicted octanol–water partition coefficient (Wildman–Crippen LogP) is 2.88. The summed E-state index contributed by atoms with van der Waals surface area (Å²) >= 11 is 1.36. The second kappa shape index (κ2) is 9.50. The maximum absolute atomic E-state index is 12.5. The SMILES string of the molecule is CC(C)C(NC(=O)c1cccs1)C(=O)NCc1ccc(CN(C)C)cc1. The minimum atomic E-state index is -0.558. The van der Waals surface area contributed by atoms with Gasteiger partial charge in [0.2, 0.25) is 5.91 Å². The fraction of sp³-hybridized carbons (Fsp3) is 0.400. The van der Waals surface area contributed by atoms with E-state index in [1.807, 2.05) is 51.5 Å². The van der Waals surface area contributed by atoms with E-state index in [9.17, 15) is 9.59 Å². The van der Waals surface area contributed by atoms with Gasteiger partial charge in [-0.3, -0.25) is 9.59 Å². The van der Waals surface area contributed by atoms with Crippen LogP contribution in [-0.2, 0) is 17.9 Å². The van der Waals surface area contributed by atoms with Crippen molar-refractivity contribution in [2.24, 2.45) is 5.92 Å². The first kappa shape index (κ1) is 20.1. The van der Waals surface area contributed by atoms with E-state index in [1.54, 1.807) is 6.07 Å². The Kier molecular flexibility index (Phi) is 7.36. The van der Waals surface area contributed by atoms with Crippen molar-refractivity contribution in [2.45, 2.75) is 33.0 Å². The Hall–Kier alpha value is -2.18. The summed E-state index contributed by atoms with van der Waals surface area (Å²) in [5.41, 5.74) is 2.27. The van der Waals surface area contributed by atoms with E-state index in [4.69, 9.17) is 0 Å². The molecule has 0 aliphatic rings. The zero-order chi connectivity index (χ0) is 19.1. The monoisotopic (exact) mass is 373 g/mol. The third-order valence-corrected chi connectivity index (χ3v) is 4.84. The van der Waals surface area contributed by atoms with Crippen LogP contribution >= 0.6 is 11.3 Å². The van der Waals surface area contributed by atoms with Crippen LogP contribution in [0.5, 0.6) is 0 Å². The molecule has 26 heavy (non-hydrogen) atoms. The summed E-state index contributed by atoms with van der Waals surface area (Å²) in [6, 6.07) is 11.2. The molecule has 2 rings (SSSR count). The second-order valence-corrected chi connectivity index (χ2v) is 7.89. The lowest BCUT2D eigenvalue weighted by atomic mass is 10.0. The molecular weight excluding hydrogens is 346 g/mol. The largest absolute Gasteiger partial charge is 0.350 e. The number of rotatable bonds is 8. The van der Waals surface area contributed by atoms with Crippen LogP contribution in [0.15, 0.2) is 41.8 Å². The quantitative estimate of drug-likeness (QED) is 0.748. The van der Waals surface area contributed by atoms with E-state index in [-0.39, 0.29) is 17.7 Å². The molecule has 1 atom stereocenters. The van der Waals surface area contributed by atoms with Gasteiger partial charge in [0, 0.05) is 13.1 Å². The van der Waals surface area contributed by atoms with Crippen LogP contribution in [-0.4, -0.2) is 36.9 Å². The van der Waals surface area contributed by atoms with Gasteiger partial charge in [-0.1, -0.05) is 44.2 Å². The summed E-state index contributed by atoms with van der Waals surface area (Å²) in [6.07, 6.45) is 0. The first-order valence-corrected chi connectivity index (χ1v) is 9.59. The van der Waals surface area contributed by atoms with Crippen molar-refractivity contribution >= 4 is 23.2 Å². The molecule has 140 valence electrons. The first-order valence-electron chi connectivity index (χ1n) is 8.71. The average molecular weight is 374 g/mol. The first-order chi connectivity index (χ1) is 12.4. The number of hydrogen-bond acceptors (Lipinski definition) is 4. The highest BCUT2D eigenvalue weighted by Gasteiger charge is 2.24. The van der Waals surface area contributed by atoms with E-state index in [1.165, 1.54) is 16.9 Å². The summed E-state index contributed by atoms with van der Waals surface area (Å²) in [4.78, 5) is 27.5. The van der Waals surface area contributed by atoms with Crippen LogP contribution < -0.4 is 10.6 Å². The van der Waals surface area contributed by atoms with Gasteiger partial charge in [0.25, 0.3) is 5.91 Å². The number of carbonyl (C=O) groups excluding carboxylic acids is 2. The number of thiophene rings is 1. The number of hydrogen-bond donors (Lipinski definition) is 2. The lowest BCUT2D eigenvalue weighted by Gasteiger charge is -2.21. The Morgan fingerprint density at radius 3 is 2.27 bits per heavy atom. The molecule has 1 heterocycles. The molecule has 2 aromatic rings. The third kappa shape index (κ3) is 5.97. The smallest absolute Gasteiger partial charge is 0.262 e. The lowest BCUT2D eigenvalue weighted by molar-refractivity contribution is -0.124. The highest BCUT2D eigenvalue weighted by atomic mass is 32.1. The average Bonchev–Trinajstić information content (AvgIpc) is 3.12. The van der Waals surface area contributed by atoms with E-state index in [0.717, 1.165) is 12.1 Å². The molecule has 0 radical (unpaired) electrons. The Bertz CT molecular complexity index is 709. The fourth-order valence-corrected chi connectivity index (χ4v) is 3.21. The molecule has 0 spiro atoms. The van der Waals surface area contributed by atoms with Crippen LogP contribution in [0.25, 0.3) is 0 Å². The van der Waals surface area contributed by atoms with Gasteiger partial charge >= 0.3 is 0 Å². The molecule has 0 aliphatic carbocycles. The van der Waals surface area contributed by atoms with Crippen molar-refractivity contribution in [3.63, 3.8) is 0 Å². The lowest BCUT2D eigenvalue weighted by Crippen LogP contribution is -2.49. The second-order valence-electron chi connectivity index (χ2n) is 6.94. The van der Waals surface area contributed by atoms with Crippen LogP contribution in [0.3, 0.4) is 0 Å². The van der Waals surface area contributed by atoms with E-state index < -0.39 is 6.04 Å². The maximum atomic E-state index is 12.5. The highest BCUT2D eigenvalue weighted by molar-refractivity contribution is 7.12. The highest BCUT2D eigenvalue weighted by Crippen LogP contribution is 2.11. The van der Waals surface area contributed by atoms with Crippen LogP contribution in [0.2, 0.25) is 0 Å². The number of amides is 2. The molecule has 5 nitrogen and oxygen atoms in total.